The van der Waals surface area contributed by atoms with E-state index in [2.05, 4.69) is 39.0 Å². The van der Waals surface area contributed by atoms with Gasteiger partial charge in [0.15, 0.2) is 5.82 Å². The van der Waals surface area contributed by atoms with Crippen LogP contribution in [-0.2, 0) is 4.79 Å². The molecule has 0 aliphatic carbocycles. The van der Waals surface area contributed by atoms with Crippen molar-refractivity contribution >= 4 is 23.1 Å². The number of benzene rings is 1. The van der Waals surface area contributed by atoms with Gasteiger partial charge in [0.1, 0.15) is 17.8 Å². The van der Waals surface area contributed by atoms with Crippen molar-refractivity contribution < 1.29 is 9.53 Å². The van der Waals surface area contributed by atoms with Crippen LogP contribution in [0.1, 0.15) is 13.8 Å². The zero-order valence-corrected chi connectivity index (χ0v) is 15.0. The molecule has 26 heavy (non-hydrogen) atoms. The van der Waals surface area contributed by atoms with E-state index in [9.17, 15) is 4.79 Å². The number of H-pyrrole nitrogens is 1. The highest BCUT2D eigenvalue weighted by Crippen LogP contribution is 2.25. The Labute approximate surface area is 152 Å². The standard InChI is InChI=1S/C19H23N5O2/c1-3-24(4-2)11-12-26-17-10-6-9-16(21-17)19-22-15-8-5-7-14(20-13-25)18(15)23-19/h5-10,13H,3-4,11-12H2,1-2H3,(H,20,25)(H,22,23). The van der Waals surface area contributed by atoms with Crippen molar-refractivity contribution in [3.05, 3.63) is 36.4 Å². The maximum Gasteiger partial charge on any atom is 0.213 e. The lowest BCUT2D eigenvalue weighted by Gasteiger charge is -2.17. The van der Waals surface area contributed by atoms with Gasteiger partial charge in [0.25, 0.3) is 0 Å². The van der Waals surface area contributed by atoms with Crippen LogP contribution in [0.2, 0.25) is 0 Å². The Kier molecular flexibility index (Phi) is 5.80. The van der Waals surface area contributed by atoms with Gasteiger partial charge in [-0.05, 0) is 31.3 Å². The molecule has 7 nitrogen and oxygen atoms in total. The van der Waals surface area contributed by atoms with Crippen molar-refractivity contribution in [1.82, 2.24) is 19.9 Å². The number of pyridine rings is 1. The van der Waals surface area contributed by atoms with E-state index in [0.717, 1.165) is 25.2 Å². The maximum atomic E-state index is 10.7. The summed E-state index contributed by atoms with van der Waals surface area (Å²) in [5, 5.41) is 2.66. The molecule has 136 valence electrons. The third-order valence-corrected chi connectivity index (χ3v) is 4.25. The fraction of sp³-hybridized carbons (Fsp3) is 0.316. The molecule has 0 aliphatic rings. The van der Waals surface area contributed by atoms with Crippen molar-refractivity contribution in [3.8, 4) is 17.4 Å². The number of hydrogen-bond acceptors (Lipinski definition) is 5. The molecule has 0 saturated heterocycles. The molecule has 1 amide bonds. The summed E-state index contributed by atoms with van der Waals surface area (Å²) in [6, 6.07) is 11.2. The smallest absolute Gasteiger partial charge is 0.213 e. The first-order valence-electron chi connectivity index (χ1n) is 8.76. The fourth-order valence-corrected chi connectivity index (χ4v) is 2.78. The quantitative estimate of drug-likeness (QED) is 0.578. The summed E-state index contributed by atoms with van der Waals surface area (Å²) in [6.07, 6.45) is 0.645. The number of amides is 1. The van der Waals surface area contributed by atoms with Crippen molar-refractivity contribution in [2.45, 2.75) is 13.8 Å². The van der Waals surface area contributed by atoms with Gasteiger partial charge < -0.3 is 19.9 Å². The van der Waals surface area contributed by atoms with Crippen molar-refractivity contribution in [3.63, 3.8) is 0 Å². The molecule has 3 rings (SSSR count). The summed E-state index contributed by atoms with van der Waals surface area (Å²) in [7, 11) is 0. The van der Waals surface area contributed by atoms with Crippen LogP contribution in [0.25, 0.3) is 22.6 Å². The second kappa shape index (κ2) is 8.44. The van der Waals surface area contributed by atoms with Gasteiger partial charge in [-0.25, -0.2) is 9.97 Å². The zero-order valence-electron chi connectivity index (χ0n) is 15.0. The van der Waals surface area contributed by atoms with Gasteiger partial charge in [0.05, 0.1) is 11.2 Å². The second-order valence-corrected chi connectivity index (χ2v) is 5.79. The van der Waals surface area contributed by atoms with E-state index in [0.29, 0.717) is 41.6 Å². The van der Waals surface area contributed by atoms with Gasteiger partial charge >= 0.3 is 0 Å². The average Bonchev–Trinajstić information content (AvgIpc) is 3.11. The van der Waals surface area contributed by atoms with Crippen LogP contribution >= 0.6 is 0 Å². The Morgan fingerprint density at radius 2 is 1.96 bits per heavy atom. The molecule has 0 atom stereocenters. The highest BCUT2D eigenvalue weighted by Gasteiger charge is 2.10. The number of ether oxygens (including phenoxy) is 1. The molecule has 7 heteroatoms. The predicted molar refractivity (Wildman–Crippen MR) is 102 cm³/mol. The fourth-order valence-electron chi connectivity index (χ4n) is 2.78. The second-order valence-electron chi connectivity index (χ2n) is 5.79. The van der Waals surface area contributed by atoms with Crippen molar-refractivity contribution in [2.75, 3.05) is 31.6 Å². The summed E-state index contributed by atoms with van der Waals surface area (Å²) in [4.78, 5) is 25.4. The number of anilines is 1. The molecule has 3 aromatic rings. The number of nitrogens with one attached hydrogen (secondary N) is 2. The summed E-state index contributed by atoms with van der Waals surface area (Å²) < 4.78 is 5.79. The number of carbonyl (C=O) groups is 1. The molecule has 0 aliphatic heterocycles. The Morgan fingerprint density at radius 3 is 2.73 bits per heavy atom. The van der Waals surface area contributed by atoms with Crippen molar-refractivity contribution in [2.24, 2.45) is 0 Å². The Bertz CT molecular complexity index is 873. The van der Waals surface area contributed by atoms with E-state index < -0.39 is 0 Å². The van der Waals surface area contributed by atoms with Crippen LogP contribution in [0.3, 0.4) is 0 Å². The first-order chi connectivity index (χ1) is 12.7. The number of aromatic nitrogens is 3. The summed E-state index contributed by atoms with van der Waals surface area (Å²) in [5.41, 5.74) is 2.89. The lowest BCUT2D eigenvalue weighted by Crippen LogP contribution is -2.28. The largest absolute Gasteiger partial charge is 0.476 e. The van der Waals surface area contributed by atoms with Crippen LogP contribution < -0.4 is 10.1 Å². The third kappa shape index (κ3) is 4.00. The molecular weight excluding hydrogens is 330 g/mol. The summed E-state index contributed by atoms with van der Waals surface area (Å²) in [6.45, 7) is 7.73. The van der Waals surface area contributed by atoms with Crippen LogP contribution in [0.5, 0.6) is 5.88 Å². The Balaban J connectivity index is 1.78. The van der Waals surface area contributed by atoms with Gasteiger partial charge in [-0.2, -0.15) is 0 Å². The van der Waals surface area contributed by atoms with E-state index in [4.69, 9.17) is 4.74 Å². The van der Waals surface area contributed by atoms with Crippen LogP contribution in [-0.4, -0.2) is 52.5 Å². The molecule has 0 saturated carbocycles. The molecule has 2 aromatic heterocycles. The lowest BCUT2D eigenvalue weighted by molar-refractivity contribution is -0.105. The number of likely N-dealkylation sites (N-methyl/N-ethyl adjacent to an activating group) is 1. The maximum absolute atomic E-state index is 10.7. The lowest BCUT2D eigenvalue weighted by atomic mass is 10.3. The number of carbonyl (C=O) groups excluding carboxylic acids is 1. The molecule has 2 N–H and O–H groups in total. The minimum atomic E-state index is 0.571. The summed E-state index contributed by atoms with van der Waals surface area (Å²) >= 11 is 0. The SMILES string of the molecule is CCN(CC)CCOc1cccc(-c2nc3c(NC=O)cccc3[nH]2)n1. The van der Waals surface area contributed by atoms with E-state index in [-0.39, 0.29) is 0 Å². The number of nitrogens with zero attached hydrogens (tertiary/aromatic N) is 3. The van der Waals surface area contributed by atoms with E-state index in [1.165, 1.54) is 0 Å². The zero-order chi connectivity index (χ0) is 18.4. The molecule has 2 heterocycles. The molecule has 0 radical (unpaired) electrons. The van der Waals surface area contributed by atoms with E-state index in [1.54, 1.807) is 0 Å². The third-order valence-electron chi connectivity index (χ3n) is 4.25. The Hall–Kier alpha value is -2.93. The normalized spacial score (nSPS) is 11.0. The monoisotopic (exact) mass is 353 g/mol. The van der Waals surface area contributed by atoms with Gasteiger partial charge in [0, 0.05) is 12.6 Å². The predicted octanol–water partition coefficient (Wildman–Crippen LogP) is 2.91. The highest BCUT2D eigenvalue weighted by molar-refractivity contribution is 5.94. The summed E-state index contributed by atoms with van der Waals surface area (Å²) in [5.74, 6) is 1.20. The minimum absolute atomic E-state index is 0.571. The average molecular weight is 353 g/mol. The van der Waals surface area contributed by atoms with Crippen LogP contribution in [0, 0.1) is 0 Å². The number of para-hydroxylation sites is 1. The topological polar surface area (TPSA) is 83.1 Å². The number of hydrogen-bond donors (Lipinski definition) is 2. The van der Waals surface area contributed by atoms with E-state index in [1.807, 2.05) is 36.4 Å². The Morgan fingerprint density at radius 1 is 1.15 bits per heavy atom. The highest BCUT2D eigenvalue weighted by atomic mass is 16.5. The first-order valence-corrected chi connectivity index (χ1v) is 8.76. The molecule has 0 bridgehead atoms. The number of rotatable bonds is 9. The molecule has 0 spiro atoms. The number of imidazole rings is 1. The van der Waals surface area contributed by atoms with Gasteiger partial charge in [0.2, 0.25) is 12.3 Å². The number of aromatic amines is 1. The molecular formula is C19H23N5O2. The van der Waals surface area contributed by atoms with Crippen molar-refractivity contribution in [1.29, 1.82) is 0 Å². The van der Waals surface area contributed by atoms with Crippen LogP contribution in [0.15, 0.2) is 36.4 Å². The van der Waals surface area contributed by atoms with Crippen LogP contribution in [0.4, 0.5) is 5.69 Å². The molecule has 1 aromatic carbocycles. The minimum Gasteiger partial charge on any atom is -0.476 e. The number of fused-ring (bicyclic) bond motifs is 1. The van der Waals surface area contributed by atoms with Gasteiger partial charge in [-0.15, -0.1) is 0 Å². The van der Waals surface area contributed by atoms with Gasteiger partial charge in [-0.3, -0.25) is 4.79 Å². The van der Waals surface area contributed by atoms with E-state index >= 15 is 0 Å². The molecule has 0 fully saturated rings. The molecule has 0 unspecified atom stereocenters. The van der Waals surface area contributed by atoms with Gasteiger partial charge in [-0.1, -0.05) is 26.0 Å². The first kappa shape index (κ1) is 17.9.